The Labute approximate surface area is 143 Å². The summed E-state index contributed by atoms with van der Waals surface area (Å²) < 4.78 is 0. The van der Waals surface area contributed by atoms with Crippen LogP contribution in [0, 0.1) is 5.92 Å². The number of nitrogens with zero attached hydrogens (tertiary/aromatic N) is 1. The number of likely N-dealkylation sites (tertiary alicyclic amines) is 1. The average Bonchev–Trinajstić information content (AvgIpc) is 2.86. The molecule has 2 amide bonds. The molecule has 0 bridgehead atoms. The zero-order valence-electron chi connectivity index (χ0n) is 13.9. The largest absolute Gasteiger partial charge is 0.391 e. The molecule has 5 nitrogen and oxygen atoms in total. The first-order valence-electron chi connectivity index (χ1n) is 8.06. The molecule has 1 saturated heterocycles. The number of rotatable bonds is 5. The molecule has 2 rings (SSSR count). The summed E-state index contributed by atoms with van der Waals surface area (Å²) in [7, 11) is 2.06. The van der Waals surface area contributed by atoms with Gasteiger partial charge >= 0.3 is 6.03 Å². The van der Waals surface area contributed by atoms with E-state index in [1.807, 2.05) is 38.1 Å². The summed E-state index contributed by atoms with van der Waals surface area (Å²) in [6.07, 6.45) is 0.364. The van der Waals surface area contributed by atoms with Gasteiger partial charge in [-0.05, 0) is 37.1 Å². The monoisotopic (exact) mass is 339 g/mol. The van der Waals surface area contributed by atoms with Crippen molar-refractivity contribution in [2.24, 2.45) is 5.92 Å². The first-order valence-corrected chi connectivity index (χ1v) is 8.44. The third kappa shape index (κ3) is 4.83. The van der Waals surface area contributed by atoms with Crippen molar-refractivity contribution in [2.45, 2.75) is 38.5 Å². The minimum Gasteiger partial charge on any atom is -0.391 e. The number of halogens is 1. The Bertz CT molecular complexity index is 521. The van der Waals surface area contributed by atoms with Gasteiger partial charge in [0.05, 0.1) is 18.2 Å². The number of amides is 2. The Balaban J connectivity index is 1.95. The van der Waals surface area contributed by atoms with Crippen LogP contribution in [0.2, 0.25) is 5.02 Å². The van der Waals surface area contributed by atoms with Crippen molar-refractivity contribution in [2.75, 3.05) is 20.1 Å². The molecule has 0 spiro atoms. The van der Waals surface area contributed by atoms with E-state index in [0.717, 1.165) is 18.5 Å². The fourth-order valence-corrected chi connectivity index (χ4v) is 3.02. The van der Waals surface area contributed by atoms with Crippen molar-refractivity contribution in [3.8, 4) is 0 Å². The number of hydrogen-bond acceptors (Lipinski definition) is 3. The lowest BCUT2D eigenvalue weighted by molar-refractivity contribution is 0.124. The minimum absolute atomic E-state index is 0.0392. The third-order valence-electron chi connectivity index (χ3n) is 4.42. The van der Waals surface area contributed by atoms with Crippen LogP contribution >= 0.6 is 11.6 Å². The SMILES string of the molecule is CC(C)C(O)CNC(=O)NC1CCN(C)C1c1ccc(Cl)cc1. The second-order valence-electron chi connectivity index (χ2n) is 6.54. The van der Waals surface area contributed by atoms with Crippen LogP contribution in [-0.4, -0.2) is 48.3 Å². The van der Waals surface area contributed by atoms with Crippen LogP contribution in [0.25, 0.3) is 0 Å². The summed E-state index contributed by atoms with van der Waals surface area (Å²) >= 11 is 5.95. The second kappa shape index (κ2) is 7.99. The first kappa shape index (κ1) is 18.0. The van der Waals surface area contributed by atoms with Crippen molar-refractivity contribution < 1.29 is 9.90 Å². The molecule has 1 heterocycles. The number of aliphatic hydroxyl groups is 1. The zero-order chi connectivity index (χ0) is 17.0. The molecule has 128 valence electrons. The fraction of sp³-hybridized carbons (Fsp3) is 0.588. The predicted octanol–water partition coefficient (Wildman–Crippen LogP) is 2.40. The molecule has 6 heteroatoms. The maximum absolute atomic E-state index is 12.1. The van der Waals surface area contributed by atoms with Crippen LogP contribution in [-0.2, 0) is 0 Å². The highest BCUT2D eigenvalue weighted by Crippen LogP contribution is 2.31. The molecule has 1 aromatic carbocycles. The van der Waals surface area contributed by atoms with E-state index in [9.17, 15) is 9.90 Å². The van der Waals surface area contributed by atoms with E-state index >= 15 is 0 Å². The Morgan fingerprint density at radius 1 is 1.39 bits per heavy atom. The molecule has 1 aliphatic rings. The van der Waals surface area contributed by atoms with Gasteiger partial charge in [-0.1, -0.05) is 37.6 Å². The molecular formula is C17H26ClN3O2. The van der Waals surface area contributed by atoms with E-state index < -0.39 is 6.10 Å². The van der Waals surface area contributed by atoms with E-state index in [2.05, 4.69) is 22.6 Å². The molecule has 0 radical (unpaired) electrons. The van der Waals surface area contributed by atoms with Gasteiger partial charge in [-0.2, -0.15) is 0 Å². The summed E-state index contributed by atoms with van der Waals surface area (Å²) in [6, 6.07) is 7.70. The lowest BCUT2D eigenvalue weighted by Crippen LogP contribution is -2.46. The van der Waals surface area contributed by atoms with Crippen LogP contribution in [0.4, 0.5) is 4.79 Å². The van der Waals surface area contributed by atoms with Gasteiger partial charge < -0.3 is 15.7 Å². The van der Waals surface area contributed by atoms with Crippen LogP contribution in [0.5, 0.6) is 0 Å². The summed E-state index contributed by atoms with van der Waals surface area (Å²) in [5.74, 6) is 0.120. The lowest BCUT2D eigenvalue weighted by atomic mass is 10.0. The van der Waals surface area contributed by atoms with Crippen molar-refractivity contribution in [1.82, 2.24) is 15.5 Å². The maximum atomic E-state index is 12.1. The van der Waals surface area contributed by atoms with E-state index in [4.69, 9.17) is 11.6 Å². The number of nitrogens with one attached hydrogen (secondary N) is 2. The number of carbonyl (C=O) groups is 1. The van der Waals surface area contributed by atoms with Gasteiger partial charge in [-0.3, -0.25) is 4.90 Å². The Hall–Kier alpha value is -1.30. The van der Waals surface area contributed by atoms with E-state index in [1.165, 1.54) is 0 Å². The highest BCUT2D eigenvalue weighted by atomic mass is 35.5. The van der Waals surface area contributed by atoms with E-state index in [1.54, 1.807) is 0 Å². The molecule has 1 aliphatic heterocycles. The standard InChI is InChI=1S/C17H26ClN3O2/c1-11(2)15(22)10-19-17(23)20-14-8-9-21(3)16(14)12-4-6-13(18)7-5-12/h4-7,11,14-16,22H,8-10H2,1-3H3,(H2,19,20,23). The molecule has 0 saturated carbocycles. The lowest BCUT2D eigenvalue weighted by Gasteiger charge is -2.26. The molecule has 23 heavy (non-hydrogen) atoms. The Kier molecular flexibility index (Phi) is 6.27. The third-order valence-corrected chi connectivity index (χ3v) is 4.67. The van der Waals surface area contributed by atoms with Crippen LogP contribution in [0.3, 0.4) is 0 Å². The maximum Gasteiger partial charge on any atom is 0.315 e. The molecule has 3 atom stereocenters. The Morgan fingerprint density at radius 3 is 2.65 bits per heavy atom. The molecule has 3 N–H and O–H groups in total. The molecule has 0 aromatic heterocycles. The summed E-state index contributed by atoms with van der Waals surface area (Å²) in [4.78, 5) is 14.3. The van der Waals surface area contributed by atoms with Gasteiger partial charge in [-0.25, -0.2) is 4.79 Å². The molecule has 1 aromatic rings. The van der Waals surface area contributed by atoms with E-state index in [-0.39, 0.29) is 30.6 Å². The molecule has 1 fully saturated rings. The van der Waals surface area contributed by atoms with Crippen molar-refractivity contribution in [1.29, 1.82) is 0 Å². The predicted molar refractivity (Wildman–Crippen MR) is 92.6 cm³/mol. The number of carbonyl (C=O) groups excluding carboxylic acids is 1. The van der Waals surface area contributed by atoms with Gasteiger partial charge in [0.1, 0.15) is 0 Å². The van der Waals surface area contributed by atoms with Crippen molar-refractivity contribution in [3.05, 3.63) is 34.9 Å². The van der Waals surface area contributed by atoms with Crippen LogP contribution < -0.4 is 10.6 Å². The minimum atomic E-state index is -0.529. The molecule has 3 unspecified atom stereocenters. The average molecular weight is 340 g/mol. The van der Waals surface area contributed by atoms with Crippen molar-refractivity contribution in [3.63, 3.8) is 0 Å². The van der Waals surface area contributed by atoms with Gasteiger partial charge in [0, 0.05) is 18.1 Å². The second-order valence-corrected chi connectivity index (χ2v) is 6.97. The number of urea groups is 1. The smallest absolute Gasteiger partial charge is 0.315 e. The Morgan fingerprint density at radius 2 is 2.04 bits per heavy atom. The molecular weight excluding hydrogens is 314 g/mol. The first-order chi connectivity index (χ1) is 10.9. The molecule has 0 aliphatic carbocycles. The van der Waals surface area contributed by atoms with Crippen LogP contribution in [0.1, 0.15) is 31.9 Å². The van der Waals surface area contributed by atoms with Gasteiger partial charge in [0.25, 0.3) is 0 Å². The van der Waals surface area contributed by atoms with E-state index in [0.29, 0.717) is 5.02 Å². The number of likely N-dealkylation sites (N-methyl/N-ethyl adjacent to an activating group) is 1. The van der Waals surface area contributed by atoms with Gasteiger partial charge in [0.15, 0.2) is 0 Å². The van der Waals surface area contributed by atoms with Crippen LogP contribution in [0.15, 0.2) is 24.3 Å². The van der Waals surface area contributed by atoms with Gasteiger partial charge in [0.2, 0.25) is 0 Å². The number of aliphatic hydroxyl groups excluding tert-OH is 1. The summed E-state index contributed by atoms with van der Waals surface area (Å²) in [5.41, 5.74) is 1.14. The summed E-state index contributed by atoms with van der Waals surface area (Å²) in [6.45, 7) is 5.03. The number of hydrogen-bond donors (Lipinski definition) is 3. The zero-order valence-corrected chi connectivity index (χ0v) is 14.7. The topological polar surface area (TPSA) is 64.6 Å². The number of benzene rings is 1. The van der Waals surface area contributed by atoms with Crippen molar-refractivity contribution >= 4 is 17.6 Å². The highest BCUT2D eigenvalue weighted by Gasteiger charge is 2.34. The van der Waals surface area contributed by atoms with Gasteiger partial charge in [-0.15, -0.1) is 0 Å². The summed E-state index contributed by atoms with van der Waals surface area (Å²) in [5, 5.41) is 16.3. The quantitative estimate of drug-likeness (QED) is 0.772. The fourth-order valence-electron chi connectivity index (χ4n) is 2.90. The highest BCUT2D eigenvalue weighted by molar-refractivity contribution is 6.30. The normalized spacial score (nSPS) is 23.0.